The number of pyridine rings is 1. The molecule has 2 heterocycles. The average molecular weight is 275 g/mol. The van der Waals surface area contributed by atoms with Gasteiger partial charge in [0.1, 0.15) is 0 Å². The Morgan fingerprint density at radius 1 is 1.30 bits per heavy atom. The Kier molecular flexibility index (Phi) is 5.17. The van der Waals surface area contributed by atoms with Gasteiger partial charge in [0.05, 0.1) is 5.69 Å². The lowest BCUT2D eigenvalue weighted by atomic mass is 9.95. The first kappa shape index (κ1) is 15.5. The van der Waals surface area contributed by atoms with E-state index in [2.05, 4.69) is 49.0 Å². The van der Waals surface area contributed by atoms with Gasteiger partial charge in [-0.2, -0.15) is 0 Å². The molecule has 0 spiro atoms. The molecule has 2 rings (SSSR count). The van der Waals surface area contributed by atoms with Crippen LogP contribution in [0.2, 0.25) is 0 Å². The minimum Gasteiger partial charge on any atom is -0.312 e. The summed E-state index contributed by atoms with van der Waals surface area (Å²) in [5, 5.41) is 3.63. The van der Waals surface area contributed by atoms with E-state index in [-0.39, 0.29) is 5.54 Å². The van der Waals surface area contributed by atoms with Crippen LogP contribution in [0.15, 0.2) is 18.3 Å². The van der Waals surface area contributed by atoms with E-state index in [4.69, 9.17) is 0 Å². The second kappa shape index (κ2) is 6.68. The van der Waals surface area contributed by atoms with Gasteiger partial charge in [0.15, 0.2) is 0 Å². The number of nitrogens with zero attached hydrogens (tertiary/aromatic N) is 2. The summed E-state index contributed by atoms with van der Waals surface area (Å²) in [4.78, 5) is 7.05. The van der Waals surface area contributed by atoms with E-state index >= 15 is 0 Å². The normalized spacial score (nSPS) is 18.4. The zero-order valence-electron chi connectivity index (χ0n) is 13.4. The van der Waals surface area contributed by atoms with Crippen LogP contribution in [-0.2, 0) is 6.54 Å². The standard InChI is InChI=1S/C17H29N3/c1-14-6-5-9-18-16(14)13-20-10-7-15(8-11-20)12-19-17(2,3)4/h5-6,9,15,19H,7-8,10-13H2,1-4H3. The Balaban J connectivity index is 1.76. The van der Waals surface area contributed by atoms with Crippen molar-refractivity contribution in [3.8, 4) is 0 Å². The summed E-state index contributed by atoms with van der Waals surface area (Å²) >= 11 is 0. The zero-order chi connectivity index (χ0) is 14.6. The maximum atomic E-state index is 4.51. The molecule has 1 N–H and O–H groups in total. The summed E-state index contributed by atoms with van der Waals surface area (Å²) < 4.78 is 0. The Labute approximate surface area is 123 Å². The first-order valence-corrected chi connectivity index (χ1v) is 7.82. The number of aromatic nitrogens is 1. The van der Waals surface area contributed by atoms with Crippen molar-refractivity contribution < 1.29 is 0 Å². The minimum absolute atomic E-state index is 0.238. The number of nitrogens with one attached hydrogen (secondary N) is 1. The monoisotopic (exact) mass is 275 g/mol. The fraction of sp³-hybridized carbons (Fsp3) is 0.706. The average Bonchev–Trinajstić information content (AvgIpc) is 2.40. The maximum absolute atomic E-state index is 4.51. The molecule has 1 aliphatic heterocycles. The SMILES string of the molecule is Cc1cccnc1CN1CCC(CNC(C)(C)C)CC1. The molecule has 1 aromatic heterocycles. The molecule has 3 nitrogen and oxygen atoms in total. The van der Waals surface area contributed by atoms with E-state index in [1.165, 1.54) is 37.2 Å². The molecule has 0 amide bonds. The molecule has 0 bridgehead atoms. The highest BCUT2D eigenvalue weighted by molar-refractivity contribution is 5.17. The van der Waals surface area contributed by atoms with E-state index in [0.29, 0.717) is 0 Å². The van der Waals surface area contributed by atoms with Crippen molar-refractivity contribution in [1.29, 1.82) is 0 Å². The van der Waals surface area contributed by atoms with Crippen LogP contribution in [-0.4, -0.2) is 35.1 Å². The fourth-order valence-corrected chi connectivity index (χ4v) is 2.69. The van der Waals surface area contributed by atoms with E-state index in [9.17, 15) is 0 Å². The number of hydrogen-bond acceptors (Lipinski definition) is 3. The Hall–Kier alpha value is -0.930. The van der Waals surface area contributed by atoms with Crippen LogP contribution in [0, 0.1) is 12.8 Å². The van der Waals surface area contributed by atoms with Gasteiger partial charge in [-0.05, 0) is 77.7 Å². The maximum Gasteiger partial charge on any atom is 0.0573 e. The lowest BCUT2D eigenvalue weighted by molar-refractivity contribution is 0.168. The van der Waals surface area contributed by atoms with Crippen molar-refractivity contribution in [3.05, 3.63) is 29.6 Å². The lowest BCUT2D eigenvalue weighted by Gasteiger charge is -2.33. The van der Waals surface area contributed by atoms with E-state index < -0.39 is 0 Å². The fourth-order valence-electron chi connectivity index (χ4n) is 2.69. The predicted molar refractivity (Wildman–Crippen MR) is 84.7 cm³/mol. The number of likely N-dealkylation sites (tertiary alicyclic amines) is 1. The molecule has 0 unspecified atom stereocenters. The third-order valence-electron chi connectivity index (χ3n) is 4.12. The van der Waals surface area contributed by atoms with Gasteiger partial charge in [0.25, 0.3) is 0 Å². The smallest absolute Gasteiger partial charge is 0.0573 e. The first-order valence-electron chi connectivity index (χ1n) is 7.82. The zero-order valence-corrected chi connectivity index (χ0v) is 13.4. The summed E-state index contributed by atoms with van der Waals surface area (Å²) in [6.45, 7) is 13.4. The molecule has 0 radical (unpaired) electrons. The van der Waals surface area contributed by atoms with Crippen LogP contribution in [0.1, 0.15) is 44.9 Å². The van der Waals surface area contributed by atoms with Crippen molar-refractivity contribution in [1.82, 2.24) is 15.2 Å². The summed E-state index contributed by atoms with van der Waals surface area (Å²) in [6, 6.07) is 4.17. The summed E-state index contributed by atoms with van der Waals surface area (Å²) in [7, 11) is 0. The van der Waals surface area contributed by atoms with Gasteiger partial charge >= 0.3 is 0 Å². The number of rotatable bonds is 4. The van der Waals surface area contributed by atoms with Gasteiger partial charge in [-0.25, -0.2) is 0 Å². The van der Waals surface area contributed by atoms with Crippen LogP contribution < -0.4 is 5.32 Å². The number of hydrogen-bond donors (Lipinski definition) is 1. The van der Waals surface area contributed by atoms with Crippen molar-refractivity contribution >= 4 is 0 Å². The Bertz CT molecular complexity index is 414. The highest BCUT2D eigenvalue weighted by Crippen LogP contribution is 2.19. The van der Waals surface area contributed by atoms with Crippen molar-refractivity contribution in [2.24, 2.45) is 5.92 Å². The minimum atomic E-state index is 0.238. The van der Waals surface area contributed by atoms with Crippen LogP contribution in [0.3, 0.4) is 0 Å². The van der Waals surface area contributed by atoms with Gasteiger partial charge in [-0.15, -0.1) is 0 Å². The molecule has 1 aromatic rings. The summed E-state index contributed by atoms with van der Waals surface area (Å²) in [5.74, 6) is 0.829. The van der Waals surface area contributed by atoms with E-state index in [0.717, 1.165) is 19.0 Å². The third kappa shape index (κ3) is 4.88. The predicted octanol–water partition coefficient (Wildman–Crippen LogP) is 2.99. The van der Waals surface area contributed by atoms with Gasteiger partial charge in [0.2, 0.25) is 0 Å². The van der Waals surface area contributed by atoms with Gasteiger partial charge in [0, 0.05) is 18.3 Å². The highest BCUT2D eigenvalue weighted by Gasteiger charge is 2.21. The van der Waals surface area contributed by atoms with Crippen molar-refractivity contribution in [2.45, 2.75) is 52.6 Å². The number of piperidine rings is 1. The van der Waals surface area contributed by atoms with Crippen molar-refractivity contribution in [2.75, 3.05) is 19.6 Å². The topological polar surface area (TPSA) is 28.2 Å². The van der Waals surface area contributed by atoms with Crippen LogP contribution >= 0.6 is 0 Å². The molecule has 1 aliphatic rings. The number of aryl methyl sites for hydroxylation is 1. The van der Waals surface area contributed by atoms with Gasteiger partial charge in [-0.3, -0.25) is 9.88 Å². The van der Waals surface area contributed by atoms with Crippen LogP contribution in [0.4, 0.5) is 0 Å². The van der Waals surface area contributed by atoms with E-state index in [1.807, 2.05) is 12.3 Å². The van der Waals surface area contributed by atoms with E-state index in [1.54, 1.807) is 0 Å². The second-order valence-corrected chi connectivity index (χ2v) is 7.12. The molecule has 0 saturated carbocycles. The molecular formula is C17H29N3. The summed E-state index contributed by atoms with van der Waals surface area (Å²) in [5.41, 5.74) is 2.78. The first-order chi connectivity index (χ1) is 9.44. The molecule has 1 saturated heterocycles. The molecule has 1 fully saturated rings. The molecular weight excluding hydrogens is 246 g/mol. The molecule has 0 aliphatic carbocycles. The Morgan fingerprint density at radius 3 is 2.60 bits per heavy atom. The summed E-state index contributed by atoms with van der Waals surface area (Å²) in [6.07, 6.45) is 4.51. The van der Waals surface area contributed by atoms with Gasteiger partial charge in [-0.1, -0.05) is 6.07 Å². The molecule has 0 atom stereocenters. The van der Waals surface area contributed by atoms with Crippen LogP contribution in [0.25, 0.3) is 0 Å². The van der Waals surface area contributed by atoms with Gasteiger partial charge < -0.3 is 5.32 Å². The Morgan fingerprint density at radius 2 is 2.00 bits per heavy atom. The molecule has 3 heteroatoms. The lowest BCUT2D eigenvalue weighted by Crippen LogP contribution is -2.42. The second-order valence-electron chi connectivity index (χ2n) is 7.12. The highest BCUT2D eigenvalue weighted by atomic mass is 15.1. The quantitative estimate of drug-likeness (QED) is 0.915. The molecule has 112 valence electrons. The van der Waals surface area contributed by atoms with Crippen LogP contribution in [0.5, 0.6) is 0 Å². The third-order valence-corrected chi connectivity index (χ3v) is 4.12. The van der Waals surface area contributed by atoms with Crippen molar-refractivity contribution in [3.63, 3.8) is 0 Å². The molecule has 20 heavy (non-hydrogen) atoms. The largest absolute Gasteiger partial charge is 0.312 e. The molecule has 0 aromatic carbocycles.